The summed E-state index contributed by atoms with van der Waals surface area (Å²) in [5.41, 5.74) is 6.34. The molecule has 0 saturated carbocycles. The summed E-state index contributed by atoms with van der Waals surface area (Å²) in [4.78, 5) is 18.2. The lowest BCUT2D eigenvalue weighted by atomic mass is 10.1. The molecule has 0 aromatic carbocycles. The van der Waals surface area contributed by atoms with Gasteiger partial charge in [-0.1, -0.05) is 0 Å². The number of hydrogen-bond acceptors (Lipinski definition) is 5. The highest BCUT2D eigenvalue weighted by atomic mass is 32.2. The number of nitrogens with zero attached hydrogens (tertiary/aromatic N) is 2. The second kappa shape index (κ2) is 4.86. The Kier molecular flexibility index (Phi) is 3.63. The maximum atomic E-state index is 12.1. The van der Waals surface area contributed by atoms with Gasteiger partial charge >= 0.3 is 0 Å². The monoisotopic (exact) mass is 271 g/mol. The van der Waals surface area contributed by atoms with Gasteiger partial charge in [0, 0.05) is 29.0 Å². The van der Waals surface area contributed by atoms with Gasteiger partial charge in [0.2, 0.25) is 5.91 Å². The van der Waals surface area contributed by atoms with Crippen LogP contribution < -0.4 is 5.73 Å². The number of amides is 1. The lowest BCUT2D eigenvalue weighted by molar-refractivity contribution is -0.130. The van der Waals surface area contributed by atoms with Crippen molar-refractivity contribution >= 4 is 34.1 Å². The molecule has 2 heterocycles. The summed E-state index contributed by atoms with van der Waals surface area (Å²) < 4.78 is 0.162. The van der Waals surface area contributed by atoms with E-state index >= 15 is 0 Å². The number of hydrogen-bond donors (Lipinski definition) is 1. The Bertz CT molecular complexity index is 417. The molecule has 4 nitrogen and oxygen atoms in total. The zero-order valence-electron chi connectivity index (χ0n) is 10.1. The van der Waals surface area contributed by atoms with Crippen molar-refractivity contribution in [2.75, 3.05) is 24.6 Å². The molecule has 1 aliphatic rings. The topological polar surface area (TPSA) is 59.2 Å². The van der Waals surface area contributed by atoms with Gasteiger partial charge in [0.05, 0.1) is 12.1 Å². The van der Waals surface area contributed by atoms with Crippen LogP contribution in [-0.4, -0.2) is 39.4 Å². The lowest BCUT2D eigenvalue weighted by Gasteiger charge is -2.37. The Morgan fingerprint density at radius 3 is 3.00 bits per heavy atom. The molecule has 0 unspecified atom stereocenters. The largest absolute Gasteiger partial charge is 0.375 e. The van der Waals surface area contributed by atoms with E-state index in [1.54, 1.807) is 0 Å². The van der Waals surface area contributed by atoms with Gasteiger partial charge in [-0.15, -0.1) is 11.3 Å². The molecule has 94 valence electrons. The minimum absolute atomic E-state index is 0.156. The van der Waals surface area contributed by atoms with Crippen LogP contribution in [0, 0.1) is 0 Å². The van der Waals surface area contributed by atoms with E-state index in [2.05, 4.69) is 18.8 Å². The Morgan fingerprint density at radius 2 is 2.41 bits per heavy atom. The van der Waals surface area contributed by atoms with Crippen molar-refractivity contribution in [3.63, 3.8) is 0 Å². The van der Waals surface area contributed by atoms with Gasteiger partial charge in [-0.2, -0.15) is 11.8 Å². The molecule has 1 fully saturated rings. The molecule has 0 bridgehead atoms. The SMILES string of the molecule is CC1(C)CN(C(=O)Cc2csc(N)n2)CCS1. The van der Waals surface area contributed by atoms with Gasteiger partial charge in [-0.05, 0) is 13.8 Å². The third-order valence-electron chi connectivity index (χ3n) is 2.68. The van der Waals surface area contributed by atoms with Gasteiger partial charge in [-0.3, -0.25) is 4.79 Å². The summed E-state index contributed by atoms with van der Waals surface area (Å²) in [5.74, 6) is 1.17. The zero-order valence-corrected chi connectivity index (χ0v) is 11.7. The molecule has 1 aliphatic heterocycles. The van der Waals surface area contributed by atoms with E-state index in [4.69, 9.17) is 5.73 Å². The van der Waals surface area contributed by atoms with Crippen molar-refractivity contribution in [1.82, 2.24) is 9.88 Å². The summed E-state index contributed by atoms with van der Waals surface area (Å²) in [6.07, 6.45) is 0.369. The summed E-state index contributed by atoms with van der Waals surface area (Å²) >= 11 is 3.31. The Balaban J connectivity index is 1.96. The van der Waals surface area contributed by atoms with E-state index in [0.717, 1.165) is 24.5 Å². The van der Waals surface area contributed by atoms with E-state index in [1.165, 1.54) is 11.3 Å². The fraction of sp³-hybridized carbons (Fsp3) is 0.636. The van der Waals surface area contributed by atoms with Crippen molar-refractivity contribution in [1.29, 1.82) is 0 Å². The Labute approximate surface area is 110 Å². The maximum Gasteiger partial charge on any atom is 0.228 e. The first-order chi connectivity index (χ1) is 7.96. The first-order valence-electron chi connectivity index (χ1n) is 5.58. The molecule has 1 aromatic heterocycles. The van der Waals surface area contributed by atoms with Crippen molar-refractivity contribution in [3.05, 3.63) is 11.1 Å². The quantitative estimate of drug-likeness (QED) is 0.888. The van der Waals surface area contributed by atoms with Crippen LogP contribution in [0.4, 0.5) is 5.13 Å². The highest BCUT2D eigenvalue weighted by molar-refractivity contribution is 8.00. The van der Waals surface area contributed by atoms with Crippen LogP contribution in [-0.2, 0) is 11.2 Å². The fourth-order valence-corrected chi connectivity index (χ4v) is 3.57. The smallest absolute Gasteiger partial charge is 0.228 e. The molecule has 0 aliphatic carbocycles. The van der Waals surface area contributed by atoms with Crippen LogP contribution in [0.5, 0.6) is 0 Å². The maximum absolute atomic E-state index is 12.1. The van der Waals surface area contributed by atoms with E-state index < -0.39 is 0 Å². The summed E-state index contributed by atoms with van der Waals surface area (Å²) in [6, 6.07) is 0. The van der Waals surface area contributed by atoms with Crippen LogP contribution in [0.3, 0.4) is 0 Å². The first-order valence-corrected chi connectivity index (χ1v) is 7.44. The van der Waals surface area contributed by atoms with Crippen molar-refractivity contribution in [2.24, 2.45) is 0 Å². The molecule has 0 spiro atoms. The van der Waals surface area contributed by atoms with Gasteiger partial charge in [0.15, 0.2) is 5.13 Å². The van der Waals surface area contributed by atoms with Crippen molar-refractivity contribution in [2.45, 2.75) is 25.0 Å². The third kappa shape index (κ3) is 3.35. The molecule has 1 amide bonds. The number of aromatic nitrogens is 1. The second-order valence-corrected chi connectivity index (χ2v) is 7.47. The Hall–Kier alpha value is -0.750. The van der Waals surface area contributed by atoms with Crippen LogP contribution in [0.15, 0.2) is 5.38 Å². The number of rotatable bonds is 2. The van der Waals surface area contributed by atoms with Gasteiger partial charge in [0.1, 0.15) is 0 Å². The van der Waals surface area contributed by atoms with Crippen molar-refractivity contribution < 1.29 is 4.79 Å². The van der Waals surface area contributed by atoms with E-state index in [9.17, 15) is 4.79 Å². The van der Waals surface area contributed by atoms with Crippen LogP contribution in [0.1, 0.15) is 19.5 Å². The summed E-state index contributed by atoms with van der Waals surface area (Å²) in [7, 11) is 0. The lowest BCUT2D eigenvalue weighted by Crippen LogP contribution is -2.46. The molecule has 1 saturated heterocycles. The molecule has 0 radical (unpaired) electrons. The van der Waals surface area contributed by atoms with Crippen LogP contribution in [0.2, 0.25) is 0 Å². The second-order valence-electron chi connectivity index (χ2n) is 4.78. The number of nitrogens with two attached hydrogens (primary N) is 1. The Morgan fingerprint density at radius 1 is 1.65 bits per heavy atom. The third-order valence-corrected chi connectivity index (χ3v) is 4.70. The predicted molar refractivity (Wildman–Crippen MR) is 73.3 cm³/mol. The van der Waals surface area contributed by atoms with Gasteiger partial charge in [0.25, 0.3) is 0 Å². The van der Waals surface area contributed by atoms with Gasteiger partial charge < -0.3 is 10.6 Å². The van der Waals surface area contributed by atoms with Crippen LogP contribution >= 0.6 is 23.1 Å². The molecule has 2 N–H and O–H groups in total. The van der Waals surface area contributed by atoms with E-state index in [0.29, 0.717) is 11.6 Å². The number of thiazole rings is 1. The van der Waals surface area contributed by atoms with E-state index in [1.807, 2.05) is 22.0 Å². The number of thioether (sulfide) groups is 1. The number of carbonyl (C=O) groups is 1. The molecular weight excluding hydrogens is 254 g/mol. The molecule has 2 rings (SSSR count). The molecule has 1 aromatic rings. The zero-order chi connectivity index (χ0) is 12.5. The van der Waals surface area contributed by atoms with E-state index in [-0.39, 0.29) is 10.7 Å². The first kappa shape index (κ1) is 12.7. The predicted octanol–water partition coefficient (Wildman–Crippen LogP) is 1.62. The minimum atomic E-state index is 0.156. The summed E-state index contributed by atoms with van der Waals surface area (Å²) in [5, 5.41) is 2.39. The van der Waals surface area contributed by atoms with Gasteiger partial charge in [-0.25, -0.2) is 4.98 Å². The molecule has 0 atom stereocenters. The summed E-state index contributed by atoms with van der Waals surface area (Å²) in [6.45, 7) is 6.01. The normalized spacial score (nSPS) is 19.3. The average molecular weight is 271 g/mol. The molecular formula is C11H17N3OS2. The number of nitrogen functional groups attached to an aromatic ring is 1. The molecule has 6 heteroatoms. The fourth-order valence-electron chi connectivity index (χ4n) is 1.90. The highest BCUT2D eigenvalue weighted by Crippen LogP contribution is 2.29. The molecule has 17 heavy (non-hydrogen) atoms. The number of anilines is 1. The average Bonchev–Trinajstić information content (AvgIpc) is 2.62. The highest BCUT2D eigenvalue weighted by Gasteiger charge is 2.29. The van der Waals surface area contributed by atoms with Crippen molar-refractivity contribution in [3.8, 4) is 0 Å². The van der Waals surface area contributed by atoms with Crippen LogP contribution in [0.25, 0.3) is 0 Å². The number of carbonyl (C=O) groups excluding carboxylic acids is 1. The standard InChI is InChI=1S/C11H17N3OS2/c1-11(2)7-14(3-4-17-11)9(15)5-8-6-16-10(12)13-8/h6H,3-5,7H2,1-2H3,(H2,12,13). The minimum Gasteiger partial charge on any atom is -0.375 e.